The summed E-state index contributed by atoms with van der Waals surface area (Å²) in [4.78, 5) is 16.2. The fourth-order valence-corrected chi connectivity index (χ4v) is 4.51. The number of halogens is 3. The summed E-state index contributed by atoms with van der Waals surface area (Å²) in [6, 6.07) is 18.6. The van der Waals surface area contributed by atoms with Crippen molar-refractivity contribution in [3.05, 3.63) is 84.1 Å². The Balaban J connectivity index is 1.31. The number of nitrogens with one attached hydrogen (secondary N) is 2. The number of rotatable bonds is 6. The number of hydrogen-bond donors (Lipinski definition) is 2. The molecule has 0 radical (unpaired) electrons. The number of carbonyl (C=O) groups excluding carboxylic acids is 1. The number of carbonyl (C=O) groups is 1. The monoisotopic (exact) mass is 550 g/mol. The molecule has 0 aliphatic carbocycles. The number of pyridine rings is 1. The second-order valence-corrected chi connectivity index (χ2v) is 9.14. The maximum atomic E-state index is 12.5. The zero-order chi connectivity index (χ0) is 27.6. The molecule has 3 aromatic carbocycles. The molecule has 12 heteroatoms. The summed E-state index contributed by atoms with van der Waals surface area (Å²) in [5.74, 6) is 0.195. The van der Waals surface area contributed by atoms with Crippen molar-refractivity contribution >= 4 is 51.9 Å². The molecular weight excluding hydrogens is 529 g/mol. The van der Waals surface area contributed by atoms with Gasteiger partial charge < -0.3 is 4.74 Å². The van der Waals surface area contributed by atoms with E-state index >= 15 is 0 Å². The predicted molar refractivity (Wildman–Crippen MR) is 147 cm³/mol. The second kappa shape index (κ2) is 10.7. The first-order valence-corrected chi connectivity index (χ1v) is 12.4. The molecule has 2 N–H and O–H groups in total. The molecule has 0 bridgehead atoms. The molecular formula is C27H21F3N6O2S. The first-order valence-electron chi connectivity index (χ1n) is 11.6. The minimum absolute atomic E-state index is 0.283. The summed E-state index contributed by atoms with van der Waals surface area (Å²) >= 11 is 0.889. The number of aromatic nitrogens is 3. The Hall–Kier alpha value is -4.58. The van der Waals surface area contributed by atoms with Gasteiger partial charge in [-0.2, -0.15) is 5.10 Å². The van der Waals surface area contributed by atoms with Gasteiger partial charge in [0, 0.05) is 35.8 Å². The summed E-state index contributed by atoms with van der Waals surface area (Å²) in [6.45, 7) is 1.85. The van der Waals surface area contributed by atoms with Gasteiger partial charge >= 0.3 is 12.4 Å². The highest BCUT2D eigenvalue weighted by molar-refractivity contribution is 7.96. The van der Waals surface area contributed by atoms with Gasteiger partial charge in [0.25, 0.3) is 0 Å². The molecule has 5 aromatic rings. The van der Waals surface area contributed by atoms with E-state index in [9.17, 15) is 18.0 Å². The van der Waals surface area contributed by atoms with Gasteiger partial charge in [-0.05, 0) is 65.9 Å². The summed E-state index contributed by atoms with van der Waals surface area (Å²) in [5.41, 5.74) is 3.93. The van der Waals surface area contributed by atoms with Crippen LogP contribution < -0.4 is 14.8 Å². The van der Waals surface area contributed by atoms with Crippen molar-refractivity contribution in [2.24, 2.45) is 11.4 Å². The van der Waals surface area contributed by atoms with Crippen LogP contribution in [-0.4, -0.2) is 33.4 Å². The fourth-order valence-electron chi connectivity index (χ4n) is 4.15. The first-order chi connectivity index (χ1) is 18.7. The standard InChI is InChI=1S/C27H21F3N6O2S/c1-16-4-3-13-31-25(16)33-26(37)35-39-32-15-17-5-11-21-19(14-17)8-12-22-23(21)34-36(2)24(22)18-6-9-20(10-7-18)38-27(28,29)30/h3-15H,1-2H3,(H2,31,33,35,37)/b32-15+. The lowest BCUT2D eigenvalue weighted by atomic mass is 10.0. The zero-order valence-electron chi connectivity index (χ0n) is 20.7. The minimum atomic E-state index is -4.74. The minimum Gasteiger partial charge on any atom is -0.406 e. The van der Waals surface area contributed by atoms with Crippen LogP contribution in [0.25, 0.3) is 32.9 Å². The Morgan fingerprint density at radius 1 is 1.08 bits per heavy atom. The van der Waals surface area contributed by atoms with Crippen LogP contribution in [0, 0.1) is 6.92 Å². The number of alkyl halides is 3. The molecule has 8 nitrogen and oxygen atoms in total. The van der Waals surface area contributed by atoms with Gasteiger partial charge in [-0.1, -0.05) is 24.3 Å². The Morgan fingerprint density at radius 3 is 2.59 bits per heavy atom. The number of benzene rings is 3. The van der Waals surface area contributed by atoms with Crippen molar-refractivity contribution in [3.8, 4) is 17.0 Å². The third-order valence-electron chi connectivity index (χ3n) is 5.84. The lowest BCUT2D eigenvalue weighted by Crippen LogP contribution is -2.23. The molecule has 39 heavy (non-hydrogen) atoms. The average Bonchev–Trinajstić information content (AvgIpc) is 3.23. The number of urea groups is 1. The number of nitrogens with zero attached hydrogens (tertiary/aromatic N) is 4. The van der Waals surface area contributed by atoms with E-state index in [0.29, 0.717) is 11.4 Å². The molecule has 0 saturated heterocycles. The van der Waals surface area contributed by atoms with Crippen molar-refractivity contribution in [2.45, 2.75) is 13.3 Å². The molecule has 2 heterocycles. The Kier molecular flexibility index (Phi) is 7.11. The van der Waals surface area contributed by atoms with Gasteiger partial charge in [-0.15, -0.1) is 13.2 Å². The molecule has 0 fully saturated rings. The molecule has 2 aromatic heterocycles. The summed E-state index contributed by atoms with van der Waals surface area (Å²) < 4.78 is 50.0. The highest BCUT2D eigenvalue weighted by Gasteiger charge is 2.31. The molecule has 0 aliphatic rings. The lowest BCUT2D eigenvalue weighted by molar-refractivity contribution is -0.274. The van der Waals surface area contributed by atoms with Crippen LogP contribution in [-0.2, 0) is 7.05 Å². The highest BCUT2D eigenvalue weighted by atomic mass is 32.2. The SMILES string of the molecule is Cc1cccnc1NC(=O)NS/N=C/c1ccc2c(ccc3c(-c4ccc(OC(F)(F)F)cc4)n(C)nc32)c1. The van der Waals surface area contributed by atoms with Crippen LogP contribution in [0.5, 0.6) is 5.75 Å². The molecule has 5 rings (SSSR count). The second-order valence-electron chi connectivity index (χ2n) is 8.54. The molecule has 0 aliphatic heterocycles. The van der Waals surface area contributed by atoms with E-state index in [4.69, 9.17) is 0 Å². The Labute approximate surface area is 225 Å². The van der Waals surface area contributed by atoms with Crippen molar-refractivity contribution in [1.29, 1.82) is 0 Å². The Morgan fingerprint density at radius 2 is 1.85 bits per heavy atom. The maximum absolute atomic E-state index is 12.5. The lowest BCUT2D eigenvalue weighted by Gasteiger charge is -2.09. The highest BCUT2D eigenvalue weighted by Crippen LogP contribution is 2.34. The maximum Gasteiger partial charge on any atom is 0.573 e. The average molecular weight is 551 g/mol. The van der Waals surface area contributed by atoms with Crippen molar-refractivity contribution in [3.63, 3.8) is 0 Å². The van der Waals surface area contributed by atoms with Crippen LogP contribution in [0.1, 0.15) is 11.1 Å². The van der Waals surface area contributed by atoms with Gasteiger partial charge in [0.2, 0.25) is 0 Å². The van der Waals surface area contributed by atoms with Crippen LogP contribution in [0.4, 0.5) is 23.8 Å². The fraction of sp³-hybridized carbons (Fsp3) is 0.111. The first kappa shape index (κ1) is 26.0. The van der Waals surface area contributed by atoms with Gasteiger partial charge in [-0.3, -0.25) is 14.7 Å². The van der Waals surface area contributed by atoms with E-state index in [0.717, 1.165) is 50.6 Å². The zero-order valence-corrected chi connectivity index (χ0v) is 21.5. The number of ether oxygens (including phenoxy) is 1. The van der Waals surface area contributed by atoms with Crippen molar-refractivity contribution < 1.29 is 22.7 Å². The number of anilines is 1. The number of amides is 2. The van der Waals surface area contributed by atoms with Gasteiger partial charge in [0.15, 0.2) is 0 Å². The number of fused-ring (bicyclic) bond motifs is 3. The van der Waals surface area contributed by atoms with E-state index in [1.165, 1.54) is 12.1 Å². The molecule has 0 spiro atoms. The topological polar surface area (TPSA) is 93.4 Å². The van der Waals surface area contributed by atoms with E-state index in [1.54, 1.807) is 42.3 Å². The normalized spacial score (nSPS) is 11.8. The van der Waals surface area contributed by atoms with E-state index in [-0.39, 0.29) is 5.75 Å². The van der Waals surface area contributed by atoms with E-state index in [1.807, 2.05) is 43.3 Å². The van der Waals surface area contributed by atoms with Gasteiger partial charge in [0.1, 0.15) is 17.1 Å². The molecule has 0 saturated carbocycles. The molecule has 198 valence electrons. The van der Waals surface area contributed by atoms with Gasteiger partial charge in [0.05, 0.1) is 17.8 Å². The van der Waals surface area contributed by atoms with Crippen LogP contribution in [0.15, 0.2) is 77.3 Å². The van der Waals surface area contributed by atoms with Crippen LogP contribution in [0.2, 0.25) is 0 Å². The summed E-state index contributed by atoms with van der Waals surface area (Å²) in [6.07, 6.45) is -1.51. The van der Waals surface area contributed by atoms with Crippen molar-refractivity contribution in [1.82, 2.24) is 19.5 Å². The third-order valence-corrected chi connectivity index (χ3v) is 6.33. The van der Waals surface area contributed by atoms with Gasteiger partial charge in [-0.25, -0.2) is 14.2 Å². The summed E-state index contributed by atoms with van der Waals surface area (Å²) in [7, 11) is 1.79. The van der Waals surface area contributed by atoms with E-state index < -0.39 is 12.4 Å². The largest absolute Gasteiger partial charge is 0.573 e. The molecule has 0 atom stereocenters. The molecule has 0 unspecified atom stereocenters. The predicted octanol–water partition coefficient (Wildman–Crippen LogP) is 6.80. The smallest absolute Gasteiger partial charge is 0.406 e. The van der Waals surface area contributed by atoms with Crippen LogP contribution in [0.3, 0.4) is 0 Å². The summed E-state index contributed by atoms with van der Waals surface area (Å²) in [5, 5.41) is 10.1. The third kappa shape index (κ3) is 5.96. The Bertz CT molecular complexity index is 1700. The number of hydrogen-bond acceptors (Lipinski definition) is 6. The number of aryl methyl sites for hydroxylation is 2. The van der Waals surface area contributed by atoms with Crippen molar-refractivity contribution in [2.75, 3.05) is 5.32 Å². The van der Waals surface area contributed by atoms with Crippen LogP contribution >= 0.6 is 12.1 Å². The van der Waals surface area contributed by atoms with E-state index in [2.05, 4.69) is 29.3 Å². The molecule has 2 amide bonds. The quantitative estimate of drug-likeness (QED) is 0.179.